The Morgan fingerprint density at radius 3 is 2.58 bits per heavy atom. The van der Waals surface area contributed by atoms with Crippen LogP contribution in [0.15, 0.2) is 34.7 Å². The fraction of sp³-hybridized carbons (Fsp3) is 0.235. The van der Waals surface area contributed by atoms with Gasteiger partial charge in [0.1, 0.15) is 5.76 Å². The lowest BCUT2D eigenvalue weighted by Gasteiger charge is -2.15. The summed E-state index contributed by atoms with van der Waals surface area (Å²) in [6, 6.07) is 7.84. The van der Waals surface area contributed by atoms with Gasteiger partial charge in [-0.25, -0.2) is 4.79 Å². The second-order valence-electron chi connectivity index (χ2n) is 5.29. The Morgan fingerprint density at radius 1 is 1.19 bits per heavy atom. The molecule has 0 fully saturated rings. The van der Waals surface area contributed by atoms with Crippen molar-refractivity contribution in [2.24, 2.45) is 0 Å². The van der Waals surface area contributed by atoms with Gasteiger partial charge in [0.2, 0.25) is 11.7 Å². The van der Waals surface area contributed by atoms with E-state index in [9.17, 15) is 14.4 Å². The summed E-state index contributed by atoms with van der Waals surface area (Å²) < 4.78 is 10.4. The Hall–Kier alpha value is -2.51. The fourth-order valence-corrected chi connectivity index (χ4v) is 2.47. The van der Waals surface area contributed by atoms with Crippen LogP contribution in [0.3, 0.4) is 0 Å². The molecule has 0 bridgehead atoms. The van der Waals surface area contributed by atoms with E-state index in [0.29, 0.717) is 21.4 Å². The lowest BCUT2D eigenvalue weighted by atomic mass is 10.2. The first-order chi connectivity index (χ1) is 12.3. The van der Waals surface area contributed by atoms with E-state index in [2.05, 4.69) is 5.32 Å². The molecule has 0 radical (unpaired) electrons. The number of carbonyl (C=O) groups excluding carboxylic acids is 3. The first-order valence-electron chi connectivity index (χ1n) is 7.48. The van der Waals surface area contributed by atoms with E-state index in [1.54, 1.807) is 24.3 Å². The highest BCUT2D eigenvalue weighted by atomic mass is 35.5. The SMILES string of the molecule is CNC(=O)CN(C)C(=O)COC(=O)c1ccc(-c2ccc(Cl)cc2Cl)o1. The fourth-order valence-electron chi connectivity index (χ4n) is 1.97. The number of esters is 1. The first kappa shape index (κ1) is 19.8. The second kappa shape index (κ2) is 8.73. The molecule has 1 aromatic carbocycles. The van der Waals surface area contributed by atoms with Gasteiger partial charge in [-0.2, -0.15) is 0 Å². The molecule has 7 nitrogen and oxygen atoms in total. The van der Waals surface area contributed by atoms with Crippen molar-refractivity contribution in [2.45, 2.75) is 0 Å². The van der Waals surface area contributed by atoms with E-state index in [1.165, 1.54) is 20.2 Å². The standard InChI is InChI=1S/C17H16Cl2N2O5/c1-20-15(22)8-21(2)16(23)9-25-17(24)14-6-5-13(26-14)11-4-3-10(18)7-12(11)19/h3-7H,8-9H2,1-2H3,(H,20,22). The maximum atomic E-state index is 12.0. The molecule has 1 aromatic heterocycles. The molecule has 2 rings (SSSR count). The smallest absolute Gasteiger partial charge is 0.374 e. The number of rotatable bonds is 6. The van der Waals surface area contributed by atoms with Gasteiger partial charge < -0.3 is 19.4 Å². The number of hydrogen-bond donors (Lipinski definition) is 1. The molecule has 0 aliphatic carbocycles. The van der Waals surface area contributed by atoms with Gasteiger partial charge in [0.25, 0.3) is 5.91 Å². The molecule has 0 aliphatic heterocycles. The number of furan rings is 1. The third-order valence-electron chi connectivity index (χ3n) is 3.42. The zero-order chi connectivity index (χ0) is 19.3. The summed E-state index contributed by atoms with van der Waals surface area (Å²) in [6.07, 6.45) is 0. The molecular formula is C17H16Cl2N2O5. The van der Waals surface area contributed by atoms with Gasteiger partial charge in [0.15, 0.2) is 6.61 Å². The summed E-state index contributed by atoms with van der Waals surface area (Å²) in [5.41, 5.74) is 0.566. The Kier molecular flexibility index (Phi) is 6.65. The van der Waals surface area contributed by atoms with Crippen molar-refractivity contribution < 1.29 is 23.5 Å². The lowest BCUT2D eigenvalue weighted by molar-refractivity contribution is -0.137. The highest BCUT2D eigenvalue weighted by Gasteiger charge is 2.18. The van der Waals surface area contributed by atoms with Crippen LogP contribution in [-0.2, 0) is 14.3 Å². The molecule has 0 aliphatic rings. The first-order valence-corrected chi connectivity index (χ1v) is 8.24. The summed E-state index contributed by atoms with van der Waals surface area (Å²) in [7, 11) is 2.89. The third kappa shape index (κ3) is 5.00. The molecule has 2 amide bonds. The van der Waals surface area contributed by atoms with Crippen LogP contribution >= 0.6 is 23.2 Å². The number of halogens is 2. The van der Waals surface area contributed by atoms with Crippen LogP contribution in [0.2, 0.25) is 10.0 Å². The zero-order valence-corrected chi connectivity index (χ0v) is 15.6. The second-order valence-corrected chi connectivity index (χ2v) is 6.13. The minimum atomic E-state index is -0.803. The molecule has 0 atom stereocenters. The average molecular weight is 399 g/mol. The van der Waals surface area contributed by atoms with Crippen LogP contribution in [0, 0.1) is 0 Å². The Labute approximate surface area is 159 Å². The molecule has 0 spiro atoms. The molecule has 0 saturated carbocycles. The summed E-state index contributed by atoms with van der Waals surface area (Å²) >= 11 is 11.9. The quantitative estimate of drug-likeness (QED) is 0.755. The highest BCUT2D eigenvalue weighted by molar-refractivity contribution is 6.36. The Bertz CT molecular complexity index is 834. The number of hydrogen-bond acceptors (Lipinski definition) is 5. The molecule has 1 heterocycles. The third-order valence-corrected chi connectivity index (χ3v) is 3.96. The Balaban J connectivity index is 1.97. The molecule has 0 unspecified atom stereocenters. The van der Waals surface area contributed by atoms with E-state index in [-0.39, 0.29) is 18.2 Å². The van der Waals surface area contributed by atoms with E-state index >= 15 is 0 Å². The molecule has 26 heavy (non-hydrogen) atoms. The monoisotopic (exact) mass is 398 g/mol. The van der Waals surface area contributed by atoms with Gasteiger partial charge in [-0.15, -0.1) is 0 Å². The van der Waals surface area contributed by atoms with Crippen LogP contribution in [0.5, 0.6) is 0 Å². The number of ether oxygens (including phenoxy) is 1. The Morgan fingerprint density at radius 2 is 1.92 bits per heavy atom. The van der Waals surface area contributed by atoms with Gasteiger partial charge in [-0.05, 0) is 30.3 Å². The maximum absolute atomic E-state index is 12.0. The van der Waals surface area contributed by atoms with Crippen LogP contribution in [0.1, 0.15) is 10.6 Å². The van der Waals surface area contributed by atoms with Crippen LogP contribution in [0.4, 0.5) is 0 Å². The highest BCUT2D eigenvalue weighted by Crippen LogP contribution is 2.31. The van der Waals surface area contributed by atoms with Crippen molar-refractivity contribution in [2.75, 3.05) is 27.2 Å². The molecule has 0 saturated heterocycles. The van der Waals surface area contributed by atoms with Gasteiger partial charge in [-0.1, -0.05) is 23.2 Å². The number of carbonyl (C=O) groups is 3. The normalized spacial score (nSPS) is 10.3. The topological polar surface area (TPSA) is 88.9 Å². The predicted molar refractivity (Wildman–Crippen MR) is 96.2 cm³/mol. The van der Waals surface area contributed by atoms with Crippen molar-refractivity contribution in [3.05, 3.63) is 46.1 Å². The largest absolute Gasteiger partial charge is 0.450 e. The van der Waals surface area contributed by atoms with Gasteiger partial charge in [-0.3, -0.25) is 9.59 Å². The molecule has 138 valence electrons. The van der Waals surface area contributed by atoms with Crippen molar-refractivity contribution in [1.82, 2.24) is 10.2 Å². The number of nitrogens with zero attached hydrogens (tertiary/aromatic N) is 1. The van der Waals surface area contributed by atoms with Crippen LogP contribution in [0.25, 0.3) is 11.3 Å². The predicted octanol–water partition coefficient (Wildman–Crippen LogP) is 2.61. The minimum absolute atomic E-state index is 0.0761. The van der Waals surface area contributed by atoms with E-state index in [1.807, 2.05) is 0 Å². The van der Waals surface area contributed by atoms with Crippen molar-refractivity contribution in [1.29, 1.82) is 0 Å². The van der Waals surface area contributed by atoms with E-state index in [4.69, 9.17) is 32.4 Å². The number of likely N-dealkylation sites (N-methyl/N-ethyl adjacent to an activating group) is 2. The molecule has 1 N–H and O–H groups in total. The van der Waals surface area contributed by atoms with Crippen LogP contribution in [-0.4, -0.2) is 49.9 Å². The summed E-state index contributed by atoms with van der Waals surface area (Å²) in [6.45, 7) is -0.642. The van der Waals surface area contributed by atoms with Crippen molar-refractivity contribution >= 4 is 41.0 Å². The molecular weight excluding hydrogens is 383 g/mol. The van der Waals surface area contributed by atoms with Gasteiger partial charge in [0, 0.05) is 24.7 Å². The van der Waals surface area contributed by atoms with Crippen molar-refractivity contribution in [3.63, 3.8) is 0 Å². The van der Waals surface area contributed by atoms with Gasteiger partial charge in [0.05, 0.1) is 11.6 Å². The minimum Gasteiger partial charge on any atom is -0.450 e. The maximum Gasteiger partial charge on any atom is 0.374 e. The average Bonchev–Trinajstić information content (AvgIpc) is 3.08. The number of amides is 2. The number of benzene rings is 1. The summed E-state index contributed by atoms with van der Waals surface area (Å²) in [5.74, 6) is -1.37. The summed E-state index contributed by atoms with van der Waals surface area (Å²) in [5, 5.41) is 3.24. The lowest BCUT2D eigenvalue weighted by Crippen LogP contribution is -2.39. The summed E-state index contributed by atoms with van der Waals surface area (Å²) in [4.78, 5) is 36.2. The molecule has 2 aromatic rings. The number of nitrogens with one attached hydrogen (secondary N) is 1. The van der Waals surface area contributed by atoms with Crippen LogP contribution < -0.4 is 5.32 Å². The van der Waals surface area contributed by atoms with E-state index in [0.717, 1.165) is 4.90 Å². The zero-order valence-electron chi connectivity index (χ0n) is 14.0. The molecule has 9 heteroatoms. The van der Waals surface area contributed by atoms with E-state index < -0.39 is 18.5 Å². The van der Waals surface area contributed by atoms with Gasteiger partial charge >= 0.3 is 5.97 Å². The van der Waals surface area contributed by atoms with Crippen molar-refractivity contribution in [3.8, 4) is 11.3 Å².